The zero-order valence-corrected chi connectivity index (χ0v) is 15.4. The fourth-order valence-corrected chi connectivity index (χ4v) is 3.84. The molecule has 1 aliphatic rings. The predicted octanol–water partition coefficient (Wildman–Crippen LogP) is 3.03. The van der Waals surface area contributed by atoms with E-state index in [0.29, 0.717) is 16.9 Å². The van der Waals surface area contributed by atoms with Crippen molar-refractivity contribution in [3.63, 3.8) is 0 Å². The Hall–Kier alpha value is -2.95. The summed E-state index contributed by atoms with van der Waals surface area (Å²) in [4.78, 5) is 13.0. The minimum absolute atomic E-state index is 0.0587. The van der Waals surface area contributed by atoms with Crippen molar-refractivity contribution in [2.24, 2.45) is 23.3 Å². The standard InChI is InChI=1S/C22H26N4O/c23-21(24)16-8-4-14(5-9-16)12-18-2-1-3-19(20(18)27)13-15-6-10-17(11-7-15)22(25)26/h4-11,18-19H,1-3,12-13H2,(H3,23,24)(H3,25,26). The van der Waals surface area contributed by atoms with Gasteiger partial charge in [-0.3, -0.25) is 15.6 Å². The van der Waals surface area contributed by atoms with Crippen LogP contribution in [0, 0.1) is 22.7 Å². The predicted molar refractivity (Wildman–Crippen MR) is 108 cm³/mol. The number of rotatable bonds is 6. The second-order valence-corrected chi connectivity index (χ2v) is 7.36. The Balaban J connectivity index is 1.64. The highest BCUT2D eigenvalue weighted by atomic mass is 16.1. The summed E-state index contributed by atoms with van der Waals surface area (Å²) in [5, 5.41) is 14.9. The highest BCUT2D eigenvalue weighted by molar-refractivity contribution is 5.95. The maximum Gasteiger partial charge on any atom is 0.139 e. The first-order valence-corrected chi connectivity index (χ1v) is 9.34. The molecular weight excluding hydrogens is 336 g/mol. The van der Waals surface area contributed by atoms with Gasteiger partial charge in [-0.1, -0.05) is 55.0 Å². The number of hydrogen-bond acceptors (Lipinski definition) is 3. The highest BCUT2D eigenvalue weighted by Gasteiger charge is 2.31. The molecule has 2 aromatic carbocycles. The molecule has 0 radical (unpaired) electrons. The van der Waals surface area contributed by atoms with E-state index in [1.165, 1.54) is 0 Å². The van der Waals surface area contributed by atoms with E-state index in [0.717, 1.165) is 43.2 Å². The first-order valence-electron chi connectivity index (χ1n) is 9.34. The van der Waals surface area contributed by atoms with Crippen molar-refractivity contribution in [2.45, 2.75) is 32.1 Å². The summed E-state index contributed by atoms with van der Waals surface area (Å²) < 4.78 is 0. The molecule has 140 valence electrons. The fraction of sp³-hybridized carbons (Fsp3) is 0.318. The number of nitrogen functional groups attached to an aromatic ring is 2. The van der Waals surface area contributed by atoms with Gasteiger partial charge in [0.05, 0.1) is 0 Å². The fourth-order valence-electron chi connectivity index (χ4n) is 3.84. The Bertz CT molecular complexity index is 770. The molecule has 2 unspecified atom stereocenters. The van der Waals surface area contributed by atoms with E-state index in [4.69, 9.17) is 22.3 Å². The smallest absolute Gasteiger partial charge is 0.139 e. The number of nitrogens with two attached hydrogens (primary N) is 2. The van der Waals surface area contributed by atoms with Crippen molar-refractivity contribution in [1.29, 1.82) is 10.8 Å². The van der Waals surface area contributed by atoms with E-state index < -0.39 is 0 Å². The van der Waals surface area contributed by atoms with Gasteiger partial charge in [-0.2, -0.15) is 0 Å². The quantitative estimate of drug-likeness (QED) is 0.467. The second-order valence-electron chi connectivity index (χ2n) is 7.36. The Labute approximate surface area is 159 Å². The summed E-state index contributed by atoms with van der Waals surface area (Å²) in [7, 11) is 0. The van der Waals surface area contributed by atoms with E-state index in [2.05, 4.69) is 0 Å². The Morgan fingerprint density at radius 1 is 0.778 bits per heavy atom. The van der Waals surface area contributed by atoms with Crippen LogP contribution in [0.3, 0.4) is 0 Å². The summed E-state index contributed by atoms with van der Waals surface area (Å²) in [5.74, 6) is 0.594. The lowest BCUT2D eigenvalue weighted by Crippen LogP contribution is -2.31. The van der Waals surface area contributed by atoms with E-state index in [1.54, 1.807) is 0 Å². The molecule has 5 heteroatoms. The van der Waals surface area contributed by atoms with Gasteiger partial charge < -0.3 is 11.5 Å². The molecule has 0 bridgehead atoms. The monoisotopic (exact) mass is 362 g/mol. The third-order valence-corrected chi connectivity index (χ3v) is 5.40. The van der Waals surface area contributed by atoms with Gasteiger partial charge in [0.15, 0.2) is 0 Å². The lowest BCUT2D eigenvalue weighted by atomic mass is 9.75. The van der Waals surface area contributed by atoms with Crippen LogP contribution >= 0.6 is 0 Å². The molecule has 0 heterocycles. The van der Waals surface area contributed by atoms with Crippen LogP contribution in [-0.4, -0.2) is 17.5 Å². The minimum Gasteiger partial charge on any atom is -0.384 e. The van der Waals surface area contributed by atoms with Crippen molar-refractivity contribution >= 4 is 17.5 Å². The Morgan fingerprint density at radius 3 is 1.48 bits per heavy atom. The third-order valence-electron chi connectivity index (χ3n) is 5.40. The maximum atomic E-state index is 13.0. The van der Waals surface area contributed by atoms with Crippen molar-refractivity contribution in [2.75, 3.05) is 0 Å². The molecule has 2 atom stereocenters. The van der Waals surface area contributed by atoms with Gasteiger partial charge in [-0.05, 0) is 36.8 Å². The van der Waals surface area contributed by atoms with Crippen LogP contribution in [-0.2, 0) is 17.6 Å². The van der Waals surface area contributed by atoms with Crippen molar-refractivity contribution in [3.05, 3.63) is 70.8 Å². The topological polar surface area (TPSA) is 117 Å². The van der Waals surface area contributed by atoms with Crippen LogP contribution in [0.4, 0.5) is 0 Å². The van der Waals surface area contributed by atoms with Gasteiger partial charge in [-0.15, -0.1) is 0 Å². The Kier molecular flexibility index (Phi) is 5.69. The average molecular weight is 362 g/mol. The van der Waals surface area contributed by atoms with Crippen LogP contribution in [0.25, 0.3) is 0 Å². The molecule has 0 amide bonds. The molecule has 3 rings (SSSR count). The molecule has 0 aliphatic heterocycles. The molecule has 27 heavy (non-hydrogen) atoms. The van der Waals surface area contributed by atoms with Crippen molar-refractivity contribution < 1.29 is 4.79 Å². The first kappa shape index (κ1) is 18.8. The first-order chi connectivity index (χ1) is 12.9. The van der Waals surface area contributed by atoms with Crippen LogP contribution in [0.2, 0.25) is 0 Å². The lowest BCUT2D eigenvalue weighted by molar-refractivity contribution is -0.129. The highest BCUT2D eigenvalue weighted by Crippen LogP contribution is 2.30. The largest absolute Gasteiger partial charge is 0.384 e. The van der Waals surface area contributed by atoms with Crippen LogP contribution in [0.5, 0.6) is 0 Å². The molecule has 0 aromatic heterocycles. The number of Topliss-reactive ketones (excluding diaryl/α,β-unsaturated/α-hetero) is 1. The molecule has 6 N–H and O–H groups in total. The SMILES string of the molecule is N=C(N)c1ccc(CC2CCCC(Cc3ccc(C(=N)N)cc3)C2=O)cc1. The van der Waals surface area contributed by atoms with Gasteiger partial charge in [0.2, 0.25) is 0 Å². The molecule has 1 aliphatic carbocycles. The molecule has 5 nitrogen and oxygen atoms in total. The van der Waals surface area contributed by atoms with E-state index >= 15 is 0 Å². The van der Waals surface area contributed by atoms with Crippen molar-refractivity contribution in [3.8, 4) is 0 Å². The summed E-state index contributed by atoms with van der Waals surface area (Å²) in [5.41, 5.74) is 14.6. The molecule has 2 aromatic rings. The van der Waals surface area contributed by atoms with Crippen LogP contribution in [0.1, 0.15) is 41.5 Å². The minimum atomic E-state index is 0.0587. The number of carbonyl (C=O) groups excluding carboxylic acids is 1. The number of benzene rings is 2. The van der Waals surface area contributed by atoms with Crippen LogP contribution in [0.15, 0.2) is 48.5 Å². The average Bonchev–Trinajstić information content (AvgIpc) is 2.66. The van der Waals surface area contributed by atoms with Gasteiger partial charge in [-0.25, -0.2) is 0 Å². The van der Waals surface area contributed by atoms with Crippen LogP contribution < -0.4 is 11.5 Å². The number of carbonyl (C=O) groups is 1. The number of hydrogen-bond donors (Lipinski definition) is 4. The molecule has 1 fully saturated rings. The summed E-state index contributed by atoms with van der Waals surface area (Å²) >= 11 is 0. The zero-order valence-electron chi connectivity index (χ0n) is 15.4. The van der Waals surface area contributed by atoms with Gasteiger partial charge in [0.1, 0.15) is 17.5 Å². The lowest BCUT2D eigenvalue weighted by Gasteiger charge is -2.28. The van der Waals surface area contributed by atoms with Crippen molar-refractivity contribution in [1.82, 2.24) is 0 Å². The van der Waals surface area contributed by atoms with Gasteiger partial charge >= 0.3 is 0 Å². The summed E-state index contributed by atoms with van der Waals surface area (Å²) in [6.07, 6.45) is 4.44. The number of amidine groups is 2. The van der Waals surface area contributed by atoms with E-state index in [-0.39, 0.29) is 23.5 Å². The van der Waals surface area contributed by atoms with E-state index in [1.807, 2.05) is 48.5 Å². The third kappa shape index (κ3) is 4.61. The number of ketones is 1. The van der Waals surface area contributed by atoms with E-state index in [9.17, 15) is 4.79 Å². The zero-order chi connectivity index (χ0) is 19.4. The second kappa shape index (κ2) is 8.16. The number of nitrogens with one attached hydrogen (secondary N) is 2. The summed E-state index contributed by atoms with van der Waals surface area (Å²) in [6.45, 7) is 0. The van der Waals surface area contributed by atoms with Gasteiger partial charge in [0, 0.05) is 23.0 Å². The normalized spacial score (nSPS) is 19.6. The molecule has 0 spiro atoms. The van der Waals surface area contributed by atoms with Gasteiger partial charge in [0.25, 0.3) is 0 Å². The summed E-state index contributed by atoms with van der Waals surface area (Å²) in [6, 6.07) is 15.3. The molecule has 0 saturated heterocycles. The molecular formula is C22H26N4O. The maximum absolute atomic E-state index is 13.0. The molecule has 1 saturated carbocycles. The Morgan fingerprint density at radius 2 is 1.15 bits per heavy atom.